The van der Waals surface area contributed by atoms with E-state index in [0.717, 1.165) is 0 Å². The fourth-order valence-electron chi connectivity index (χ4n) is 2.44. The minimum Gasteiger partial charge on any atom is -0.394 e. The molecule has 4 atom stereocenters. The first-order chi connectivity index (χ1) is 11.4. The molecule has 0 saturated carbocycles. The first-order valence-corrected chi connectivity index (χ1v) is 7.55. The van der Waals surface area contributed by atoms with Gasteiger partial charge in [0.15, 0.2) is 11.9 Å². The zero-order valence-electron chi connectivity index (χ0n) is 13.2. The van der Waals surface area contributed by atoms with Gasteiger partial charge in [0.05, 0.1) is 19.1 Å². The predicted molar refractivity (Wildman–Crippen MR) is 81.8 cm³/mol. The maximum atomic E-state index is 11.8. The number of imidazole rings is 1. The second-order valence-electron chi connectivity index (χ2n) is 5.93. The minimum absolute atomic E-state index is 0.106. The number of amides is 1. The molecule has 1 saturated heterocycles. The van der Waals surface area contributed by atoms with Gasteiger partial charge >= 0.3 is 0 Å². The van der Waals surface area contributed by atoms with Crippen LogP contribution >= 0.6 is 0 Å². The molecule has 0 aliphatic carbocycles. The molecule has 0 radical (unpaired) electrons. The lowest BCUT2D eigenvalue weighted by Gasteiger charge is -2.16. The summed E-state index contributed by atoms with van der Waals surface area (Å²) >= 11 is 0. The van der Waals surface area contributed by atoms with Gasteiger partial charge in [0.25, 0.3) is 0 Å². The fourth-order valence-corrected chi connectivity index (χ4v) is 2.44. The van der Waals surface area contributed by atoms with Crippen molar-refractivity contribution in [2.45, 2.75) is 38.4 Å². The standard InChI is InChI=1S/C14H19N5O5/c1-6(2)12(23)18-14-15-3-7-11(17-14)19(5-16-7)13-10(22)9(21)8(4-20)24-13/h3,5-6,8-10,13,20-22H,4H2,1-2H3,(H,15,17,18,23)/t8-,9?,10+,13-/m1/s1. The van der Waals surface area contributed by atoms with Crippen LogP contribution in [0.2, 0.25) is 0 Å². The number of aliphatic hydroxyl groups excluding tert-OH is 3. The Morgan fingerprint density at radius 2 is 2.12 bits per heavy atom. The van der Waals surface area contributed by atoms with E-state index < -0.39 is 31.1 Å². The number of carbonyl (C=O) groups excluding carboxylic acids is 1. The smallest absolute Gasteiger partial charge is 0.231 e. The van der Waals surface area contributed by atoms with Crippen molar-refractivity contribution in [3.63, 3.8) is 0 Å². The summed E-state index contributed by atoms with van der Waals surface area (Å²) in [4.78, 5) is 24.1. The van der Waals surface area contributed by atoms with Crippen molar-refractivity contribution in [1.29, 1.82) is 0 Å². The second-order valence-corrected chi connectivity index (χ2v) is 5.93. The lowest BCUT2D eigenvalue weighted by molar-refractivity contribution is -0.118. The Balaban J connectivity index is 1.93. The highest BCUT2D eigenvalue weighted by molar-refractivity contribution is 5.91. The van der Waals surface area contributed by atoms with Gasteiger partial charge in [0.2, 0.25) is 11.9 Å². The number of hydrogen-bond acceptors (Lipinski definition) is 8. The highest BCUT2D eigenvalue weighted by Gasteiger charge is 2.43. The molecule has 4 N–H and O–H groups in total. The van der Waals surface area contributed by atoms with Gasteiger partial charge in [-0.3, -0.25) is 14.7 Å². The normalized spacial score (nSPS) is 27.1. The van der Waals surface area contributed by atoms with Crippen LogP contribution in [0, 0.1) is 5.92 Å². The van der Waals surface area contributed by atoms with E-state index in [9.17, 15) is 20.1 Å². The molecule has 10 heteroatoms. The first kappa shape index (κ1) is 16.7. The van der Waals surface area contributed by atoms with E-state index in [1.165, 1.54) is 17.1 Å². The van der Waals surface area contributed by atoms with Crippen LogP contribution in [0.5, 0.6) is 0 Å². The maximum Gasteiger partial charge on any atom is 0.231 e. The minimum atomic E-state index is -1.25. The average Bonchev–Trinajstić information content (AvgIpc) is 3.09. The number of aliphatic hydroxyl groups is 3. The summed E-state index contributed by atoms with van der Waals surface area (Å²) in [5.41, 5.74) is 0.772. The first-order valence-electron chi connectivity index (χ1n) is 7.55. The van der Waals surface area contributed by atoms with E-state index in [4.69, 9.17) is 4.74 Å². The van der Waals surface area contributed by atoms with Crippen LogP contribution in [0.15, 0.2) is 12.5 Å². The van der Waals surface area contributed by atoms with E-state index in [-0.39, 0.29) is 17.8 Å². The summed E-state index contributed by atoms with van der Waals surface area (Å²) in [5.74, 6) is -0.349. The summed E-state index contributed by atoms with van der Waals surface area (Å²) in [7, 11) is 0. The molecular weight excluding hydrogens is 318 g/mol. The SMILES string of the molecule is CC(C)C(=O)Nc1ncc2ncn([C@@H]3O[C@H](CO)C(O)[C@@H]3O)c2n1. The lowest BCUT2D eigenvalue weighted by Crippen LogP contribution is -2.33. The van der Waals surface area contributed by atoms with E-state index in [0.29, 0.717) is 11.2 Å². The number of aromatic nitrogens is 4. The van der Waals surface area contributed by atoms with E-state index in [2.05, 4.69) is 20.3 Å². The number of ether oxygens (including phenoxy) is 1. The van der Waals surface area contributed by atoms with Gasteiger partial charge in [-0.2, -0.15) is 4.98 Å². The van der Waals surface area contributed by atoms with Crippen LogP contribution in [-0.2, 0) is 9.53 Å². The molecule has 130 valence electrons. The molecule has 2 aromatic rings. The number of nitrogens with one attached hydrogen (secondary N) is 1. The predicted octanol–water partition coefficient (Wildman–Crippen LogP) is -0.968. The topological polar surface area (TPSA) is 143 Å². The third kappa shape index (κ3) is 2.84. The highest BCUT2D eigenvalue weighted by atomic mass is 16.6. The Bertz CT molecular complexity index is 748. The van der Waals surface area contributed by atoms with Crippen molar-refractivity contribution >= 4 is 23.0 Å². The van der Waals surface area contributed by atoms with Crippen LogP contribution in [0.3, 0.4) is 0 Å². The molecule has 1 amide bonds. The number of rotatable bonds is 4. The fraction of sp³-hybridized carbons (Fsp3) is 0.571. The second kappa shape index (κ2) is 6.40. The van der Waals surface area contributed by atoms with Crippen LogP contribution in [0.25, 0.3) is 11.2 Å². The third-order valence-electron chi connectivity index (χ3n) is 3.87. The molecule has 0 aromatic carbocycles. The van der Waals surface area contributed by atoms with Gasteiger partial charge in [-0.1, -0.05) is 13.8 Å². The molecule has 0 spiro atoms. The largest absolute Gasteiger partial charge is 0.394 e. The van der Waals surface area contributed by atoms with Crippen molar-refractivity contribution in [1.82, 2.24) is 19.5 Å². The summed E-state index contributed by atoms with van der Waals surface area (Å²) in [6, 6.07) is 0. The highest BCUT2D eigenvalue weighted by Crippen LogP contribution is 2.31. The van der Waals surface area contributed by atoms with Crippen molar-refractivity contribution in [2.75, 3.05) is 11.9 Å². The average molecular weight is 337 g/mol. The van der Waals surface area contributed by atoms with E-state index in [1.807, 2.05) is 0 Å². The lowest BCUT2D eigenvalue weighted by atomic mass is 10.1. The number of nitrogens with zero attached hydrogens (tertiary/aromatic N) is 4. The van der Waals surface area contributed by atoms with Crippen LogP contribution in [0.1, 0.15) is 20.1 Å². The Labute approximate surface area is 137 Å². The van der Waals surface area contributed by atoms with E-state index in [1.54, 1.807) is 13.8 Å². The third-order valence-corrected chi connectivity index (χ3v) is 3.87. The van der Waals surface area contributed by atoms with Crippen LogP contribution in [-0.4, -0.2) is 65.7 Å². The van der Waals surface area contributed by atoms with Crippen LogP contribution in [0.4, 0.5) is 5.95 Å². The van der Waals surface area contributed by atoms with Gasteiger partial charge in [-0.15, -0.1) is 0 Å². The van der Waals surface area contributed by atoms with E-state index >= 15 is 0 Å². The molecule has 1 unspecified atom stereocenters. The molecule has 3 rings (SSSR count). The molecule has 10 nitrogen and oxygen atoms in total. The van der Waals surface area contributed by atoms with Gasteiger partial charge in [-0.25, -0.2) is 9.97 Å². The molecule has 1 aliphatic heterocycles. The zero-order valence-corrected chi connectivity index (χ0v) is 13.2. The summed E-state index contributed by atoms with van der Waals surface area (Å²) < 4.78 is 6.91. The van der Waals surface area contributed by atoms with Crippen molar-refractivity contribution in [2.24, 2.45) is 5.92 Å². The number of carbonyl (C=O) groups is 1. The number of fused-ring (bicyclic) bond motifs is 1. The Kier molecular flexibility index (Phi) is 4.45. The van der Waals surface area contributed by atoms with Crippen molar-refractivity contribution in [3.8, 4) is 0 Å². The Hall–Kier alpha value is -2.14. The van der Waals surface area contributed by atoms with Crippen molar-refractivity contribution < 1.29 is 24.9 Å². The molecule has 0 bridgehead atoms. The van der Waals surface area contributed by atoms with Gasteiger partial charge in [0, 0.05) is 5.92 Å². The molecule has 2 aromatic heterocycles. The maximum absolute atomic E-state index is 11.8. The Morgan fingerprint density at radius 3 is 2.75 bits per heavy atom. The molecule has 1 fully saturated rings. The molecule has 24 heavy (non-hydrogen) atoms. The summed E-state index contributed by atoms with van der Waals surface area (Å²) in [6.45, 7) is 3.07. The van der Waals surface area contributed by atoms with Crippen molar-refractivity contribution in [3.05, 3.63) is 12.5 Å². The molecule has 1 aliphatic rings. The van der Waals surface area contributed by atoms with Gasteiger partial charge in [0.1, 0.15) is 23.8 Å². The van der Waals surface area contributed by atoms with Gasteiger partial charge < -0.3 is 20.1 Å². The number of hydrogen-bond donors (Lipinski definition) is 4. The van der Waals surface area contributed by atoms with Gasteiger partial charge in [-0.05, 0) is 0 Å². The Morgan fingerprint density at radius 1 is 1.38 bits per heavy atom. The van der Waals surface area contributed by atoms with Crippen LogP contribution < -0.4 is 5.32 Å². The summed E-state index contributed by atoms with van der Waals surface area (Å²) in [6.07, 6.45) is -1.48. The number of anilines is 1. The quantitative estimate of drug-likeness (QED) is 0.558. The summed E-state index contributed by atoms with van der Waals surface area (Å²) in [5, 5.41) is 31.8. The monoisotopic (exact) mass is 337 g/mol. The molecule has 3 heterocycles. The zero-order chi connectivity index (χ0) is 17.4. The molecular formula is C14H19N5O5.